The zero-order valence-corrected chi connectivity index (χ0v) is 15.4. The number of nitriles is 2. The zero-order chi connectivity index (χ0) is 17.4. The van der Waals surface area contributed by atoms with Crippen LogP contribution in [0, 0.1) is 57.2 Å². The van der Waals surface area contributed by atoms with Crippen LogP contribution in [-0.4, -0.2) is 5.78 Å². The van der Waals surface area contributed by atoms with E-state index in [-0.39, 0.29) is 17.1 Å². The quantitative estimate of drug-likeness (QED) is 0.757. The Bertz CT molecular complexity index is 795. The Morgan fingerprint density at radius 3 is 2.08 bits per heavy atom. The molecule has 0 aromatic carbocycles. The van der Waals surface area contributed by atoms with Gasteiger partial charge in [-0.15, -0.1) is 11.3 Å². The highest BCUT2D eigenvalue weighted by atomic mass is 35.5. The Kier molecular flexibility index (Phi) is 3.23. The summed E-state index contributed by atoms with van der Waals surface area (Å²) in [6, 6.07) is 8.09. The summed E-state index contributed by atoms with van der Waals surface area (Å²) in [5.74, 6) is 1.50. The van der Waals surface area contributed by atoms with Gasteiger partial charge >= 0.3 is 0 Å². The minimum absolute atomic E-state index is 0.212. The smallest absolute Gasteiger partial charge is 0.162 e. The summed E-state index contributed by atoms with van der Waals surface area (Å²) in [6.07, 6.45) is 6.80. The van der Waals surface area contributed by atoms with Crippen molar-refractivity contribution in [3.8, 4) is 12.1 Å². The molecule has 0 radical (unpaired) electrons. The van der Waals surface area contributed by atoms with E-state index in [1.165, 1.54) is 30.6 Å². The van der Waals surface area contributed by atoms with Crippen LogP contribution in [0.15, 0.2) is 12.1 Å². The second-order valence-corrected chi connectivity index (χ2v) is 10.5. The van der Waals surface area contributed by atoms with Crippen molar-refractivity contribution in [1.82, 2.24) is 0 Å². The number of nitrogens with zero attached hydrogens (tertiary/aromatic N) is 2. The summed E-state index contributed by atoms with van der Waals surface area (Å²) in [7, 11) is 0. The number of halogens is 1. The molecule has 6 rings (SSSR count). The van der Waals surface area contributed by atoms with Crippen LogP contribution in [0.25, 0.3) is 0 Å². The Hall–Kier alpha value is -1.36. The molecule has 5 heteroatoms. The third kappa shape index (κ3) is 2.05. The number of carbonyl (C=O) groups is 1. The van der Waals surface area contributed by atoms with Crippen molar-refractivity contribution in [2.24, 2.45) is 34.5 Å². The SMILES string of the molecule is N#CC1(C#N)C(C(=O)C23CC4CC(CC(C4)C2)C3)C1c1ccc(Cl)s1. The highest BCUT2D eigenvalue weighted by molar-refractivity contribution is 7.16. The molecule has 5 aliphatic rings. The zero-order valence-electron chi connectivity index (χ0n) is 13.9. The van der Waals surface area contributed by atoms with E-state index in [0.717, 1.165) is 24.1 Å². The maximum Gasteiger partial charge on any atom is 0.162 e. The van der Waals surface area contributed by atoms with E-state index >= 15 is 0 Å². The topological polar surface area (TPSA) is 64.7 Å². The molecule has 5 saturated carbocycles. The third-order valence-corrected chi connectivity index (χ3v) is 8.63. The van der Waals surface area contributed by atoms with Crippen molar-refractivity contribution in [1.29, 1.82) is 10.5 Å². The number of ketones is 1. The van der Waals surface area contributed by atoms with E-state index < -0.39 is 11.3 Å². The molecular weight excluding hydrogens is 352 g/mol. The average molecular weight is 371 g/mol. The maximum atomic E-state index is 13.7. The molecule has 128 valence electrons. The van der Waals surface area contributed by atoms with Crippen LogP contribution in [0.2, 0.25) is 4.34 Å². The molecule has 2 atom stereocenters. The van der Waals surface area contributed by atoms with Crippen LogP contribution in [-0.2, 0) is 4.79 Å². The van der Waals surface area contributed by atoms with Crippen molar-refractivity contribution in [3.05, 3.63) is 21.3 Å². The summed E-state index contributed by atoms with van der Waals surface area (Å²) >= 11 is 7.46. The molecule has 0 amide bonds. The lowest BCUT2D eigenvalue weighted by Gasteiger charge is -2.56. The Balaban J connectivity index is 1.51. The third-order valence-electron chi connectivity index (χ3n) is 7.32. The minimum Gasteiger partial charge on any atom is -0.299 e. The highest BCUT2D eigenvalue weighted by Crippen LogP contribution is 2.70. The van der Waals surface area contributed by atoms with Gasteiger partial charge in [-0.2, -0.15) is 10.5 Å². The second kappa shape index (κ2) is 5.09. The van der Waals surface area contributed by atoms with E-state index in [2.05, 4.69) is 12.1 Å². The average Bonchev–Trinajstić information content (AvgIpc) is 3.07. The van der Waals surface area contributed by atoms with Crippen LogP contribution >= 0.6 is 22.9 Å². The summed E-state index contributed by atoms with van der Waals surface area (Å²) < 4.78 is 0.646. The number of rotatable bonds is 3. The van der Waals surface area contributed by atoms with Gasteiger partial charge in [-0.3, -0.25) is 4.79 Å². The fourth-order valence-electron chi connectivity index (χ4n) is 6.68. The summed E-state index contributed by atoms with van der Waals surface area (Å²) in [4.78, 5) is 14.6. The van der Waals surface area contributed by atoms with Crippen LogP contribution in [0.4, 0.5) is 0 Å². The standard InChI is InChI=1S/C20H19ClN2OS/c21-15-2-1-14(25-15)16-17(20(16,9-22)10-23)18(24)19-6-11-3-12(7-19)5-13(4-11)8-19/h1-2,11-13,16-17H,3-8H2. The fraction of sp³-hybridized carbons (Fsp3) is 0.650. The second-order valence-electron chi connectivity index (χ2n) is 8.75. The van der Waals surface area contributed by atoms with Crippen LogP contribution in [0.1, 0.15) is 49.3 Å². The summed E-state index contributed by atoms with van der Waals surface area (Å²) in [5, 5.41) is 19.5. The normalized spacial score (nSPS) is 42.6. The van der Waals surface area contributed by atoms with E-state index in [9.17, 15) is 15.3 Å². The lowest BCUT2D eigenvalue weighted by atomic mass is 9.48. The van der Waals surface area contributed by atoms with Crippen molar-refractivity contribution in [2.45, 2.75) is 44.4 Å². The van der Waals surface area contributed by atoms with E-state index in [4.69, 9.17) is 11.6 Å². The Morgan fingerprint density at radius 1 is 1.08 bits per heavy atom. The molecular formula is C20H19ClN2OS. The predicted molar refractivity (Wildman–Crippen MR) is 94.8 cm³/mol. The molecule has 4 bridgehead atoms. The largest absolute Gasteiger partial charge is 0.299 e. The number of Topliss-reactive ketones (excluding diaryl/α,β-unsaturated/α-hetero) is 1. The molecule has 1 aromatic rings. The molecule has 25 heavy (non-hydrogen) atoms. The first-order chi connectivity index (χ1) is 12.0. The minimum atomic E-state index is -1.19. The molecule has 5 fully saturated rings. The van der Waals surface area contributed by atoms with E-state index in [1.807, 2.05) is 6.07 Å². The first kappa shape index (κ1) is 15.9. The van der Waals surface area contributed by atoms with Gasteiger partial charge in [0, 0.05) is 16.2 Å². The molecule has 1 heterocycles. The van der Waals surface area contributed by atoms with Gasteiger partial charge in [-0.1, -0.05) is 11.6 Å². The molecule has 0 saturated heterocycles. The Labute approximate surface area is 156 Å². The molecule has 3 nitrogen and oxygen atoms in total. The lowest BCUT2D eigenvalue weighted by molar-refractivity contribution is -0.145. The van der Waals surface area contributed by atoms with E-state index in [1.54, 1.807) is 6.07 Å². The monoisotopic (exact) mass is 370 g/mol. The van der Waals surface area contributed by atoms with Gasteiger partial charge in [0.1, 0.15) is 5.78 Å². The van der Waals surface area contributed by atoms with Gasteiger partial charge in [-0.05, 0) is 68.4 Å². The van der Waals surface area contributed by atoms with Crippen molar-refractivity contribution >= 4 is 28.7 Å². The summed E-state index contributed by atoms with van der Waals surface area (Å²) in [5.41, 5.74) is -1.44. The molecule has 2 unspecified atom stereocenters. The fourth-order valence-corrected chi connectivity index (χ4v) is 7.95. The van der Waals surface area contributed by atoms with Gasteiger partial charge < -0.3 is 0 Å². The van der Waals surface area contributed by atoms with Crippen LogP contribution < -0.4 is 0 Å². The lowest BCUT2D eigenvalue weighted by Crippen LogP contribution is -2.50. The highest BCUT2D eigenvalue weighted by Gasteiger charge is 2.74. The first-order valence-corrected chi connectivity index (χ1v) is 10.3. The number of carbonyl (C=O) groups excluding carboxylic acids is 1. The van der Waals surface area contributed by atoms with Gasteiger partial charge in [0.15, 0.2) is 5.41 Å². The first-order valence-electron chi connectivity index (χ1n) is 9.13. The van der Waals surface area contributed by atoms with Crippen molar-refractivity contribution in [3.63, 3.8) is 0 Å². The molecule has 0 N–H and O–H groups in total. The molecule has 0 aliphatic heterocycles. The molecule has 1 aromatic heterocycles. The summed E-state index contributed by atoms with van der Waals surface area (Å²) in [6.45, 7) is 0. The van der Waals surface area contributed by atoms with Gasteiger partial charge in [0.25, 0.3) is 0 Å². The van der Waals surface area contributed by atoms with Gasteiger partial charge in [-0.25, -0.2) is 0 Å². The maximum absolute atomic E-state index is 13.7. The predicted octanol–water partition coefficient (Wildman–Crippen LogP) is 4.93. The van der Waals surface area contributed by atoms with Crippen LogP contribution in [0.3, 0.4) is 0 Å². The number of hydrogen-bond donors (Lipinski definition) is 0. The van der Waals surface area contributed by atoms with Crippen LogP contribution in [0.5, 0.6) is 0 Å². The van der Waals surface area contributed by atoms with Gasteiger partial charge in [0.05, 0.1) is 22.4 Å². The Morgan fingerprint density at radius 2 is 1.64 bits per heavy atom. The number of thiophene rings is 1. The number of hydrogen-bond acceptors (Lipinski definition) is 4. The molecule has 5 aliphatic carbocycles. The van der Waals surface area contributed by atoms with Gasteiger partial charge in [0.2, 0.25) is 0 Å². The van der Waals surface area contributed by atoms with Crippen molar-refractivity contribution < 1.29 is 4.79 Å². The van der Waals surface area contributed by atoms with Crippen molar-refractivity contribution in [2.75, 3.05) is 0 Å². The van der Waals surface area contributed by atoms with E-state index in [0.29, 0.717) is 22.1 Å². The molecule has 0 spiro atoms.